The highest BCUT2D eigenvalue weighted by Crippen LogP contribution is 2.09. The van der Waals surface area contributed by atoms with Gasteiger partial charge in [0.05, 0.1) is 0 Å². The Balaban J connectivity index is 1.80. The van der Waals surface area contributed by atoms with Crippen LogP contribution < -0.4 is 5.32 Å². The van der Waals surface area contributed by atoms with Crippen molar-refractivity contribution < 1.29 is 4.39 Å². The number of anilines is 1. The second-order valence-electron chi connectivity index (χ2n) is 4.61. The smallest absolute Gasteiger partial charge is 0.125 e. The molecule has 1 saturated heterocycles. The molecule has 1 aromatic heterocycles. The van der Waals surface area contributed by atoms with E-state index in [1.54, 1.807) is 0 Å². The van der Waals surface area contributed by atoms with Crippen molar-refractivity contribution in [3.8, 4) is 0 Å². The molecule has 18 heavy (non-hydrogen) atoms. The van der Waals surface area contributed by atoms with Crippen molar-refractivity contribution in [2.24, 2.45) is 0 Å². The van der Waals surface area contributed by atoms with Crippen molar-refractivity contribution in [2.75, 3.05) is 51.8 Å². The van der Waals surface area contributed by atoms with Gasteiger partial charge in [0.25, 0.3) is 0 Å². The lowest BCUT2D eigenvalue weighted by Gasteiger charge is -2.34. The van der Waals surface area contributed by atoms with E-state index >= 15 is 0 Å². The molecule has 0 radical (unpaired) electrons. The van der Waals surface area contributed by atoms with Gasteiger partial charge in [-0.25, -0.2) is 9.37 Å². The lowest BCUT2D eigenvalue weighted by atomic mass is 10.2. The molecular weight excluding hydrogens is 231 g/mol. The van der Waals surface area contributed by atoms with E-state index in [9.17, 15) is 4.39 Å². The van der Waals surface area contributed by atoms with Gasteiger partial charge in [-0.05, 0) is 11.6 Å². The molecule has 1 fully saturated rings. The van der Waals surface area contributed by atoms with E-state index in [4.69, 9.17) is 0 Å². The number of hydrogen-bond acceptors (Lipinski definition) is 4. The van der Waals surface area contributed by atoms with Crippen LogP contribution in [-0.2, 0) is 6.54 Å². The summed E-state index contributed by atoms with van der Waals surface area (Å²) in [6.07, 6.45) is 1.92. The Bertz CT molecular complexity index is 347. The number of piperazine rings is 1. The van der Waals surface area contributed by atoms with Crippen molar-refractivity contribution in [1.29, 1.82) is 0 Å². The van der Waals surface area contributed by atoms with Crippen LogP contribution in [0.3, 0.4) is 0 Å². The van der Waals surface area contributed by atoms with E-state index in [1.165, 1.54) is 5.56 Å². The molecule has 1 N–H and O–H groups in total. The van der Waals surface area contributed by atoms with E-state index in [0.29, 0.717) is 6.54 Å². The molecule has 1 aromatic rings. The summed E-state index contributed by atoms with van der Waals surface area (Å²) in [5, 5.41) is 3.01. The van der Waals surface area contributed by atoms with E-state index < -0.39 is 0 Å². The third kappa shape index (κ3) is 3.65. The monoisotopic (exact) mass is 252 g/mol. The third-order valence-electron chi connectivity index (χ3n) is 3.35. The Labute approximate surface area is 108 Å². The zero-order valence-corrected chi connectivity index (χ0v) is 10.9. The molecule has 4 nitrogen and oxygen atoms in total. The first-order valence-corrected chi connectivity index (χ1v) is 6.45. The van der Waals surface area contributed by atoms with Crippen molar-refractivity contribution in [3.05, 3.63) is 23.9 Å². The lowest BCUT2D eigenvalue weighted by Crippen LogP contribution is -2.46. The minimum absolute atomic E-state index is 0.241. The summed E-state index contributed by atoms with van der Waals surface area (Å²) in [5.41, 5.74) is 1.23. The van der Waals surface area contributed by atoms with Gasteiger partial charge in [-0.3, -0.25) is 9.80 Å². The molecule has 0 saturated carbocycles. The molecular formula is C13H21FN4. The van der Waals surface area contributed by atoms with Crippen LogP contribution in [0.15, 0.2) is 18.3 Å². The molecule has 0 aliphatic carbocycles. The van der Waals surface area contributed by atoms with Gasteiger partial charge < -0.3 is 5.32 Å². The first-order chi connectivity index (χ1) is 8.81. The summed E-state index contributed by atoms with van der Waals surface area (Å²) in [6, 6.07) is 4.10. The Morgan fingerprint density at radius 3 is 2.50 bits per heavy atom. The lowest BCUT2D eigenvalue weighted by molar-refractivity contribution is 0.121. The highest BCUT2D eigenvalue weighted by molar-refractivity contribution is 5.34. The topological polar surface area (TPSA) is 31.4 Å². The van der Waals surface area contributed by atoms with E-state index in [-0.39, 0.29) is 6.67 Å². The van der Waals surface area contributed by atoms with Gasteiger partial charge >= 0.3 is 0 Å². The van der Waals surface area contributed by atoms with Gasteiger partial charge in [0.1, 0.15) is 12.5 Å². The minimum Gasteiger partial charge on any atom is -0.373 e. The quantitative estimate of drug-likeness (QED) is 0.853. The maximum Gasteiger partial charge on any atom is 0.125 e. The predicted molar refractivity (Wildman–Crippen MR) is 71.5 cm³/mol. The number of alkyl halides is 1. The van der Waals surface area contributed by atoms with Crippen LogP contribution in [0.2, 0.25) is 0 Å². The Hall–Kier alpha value is -1.20. The highest BCUT2D eigenvalue weighted by atomic mass is 19.1. The average molecular weight is 252 g/mol. The van der Waals surface area contributed by atoms with Crippen molar-refractivity contribution in [3.63, 3.8) is 0 Å². The minimum atomic E-state index is -0.241. The zero-order valence-electron chi connectivity index (χ0n) is 10.9. The summed E-state index contributed by atoms with van der Waals surface area (Å²) in [4.78, 5) is 8.88. The van der Waals surface area contributed by atoms with E-state index in [2.05, 4.69) is 26.2 Å². The second-order valence-corrected chi connectivity index (χ2v) is 4.61. The Morgan fingerprint density at radius 1 is 1.22 bits per heavy atom. The Morgan fingerprint density at radius 2 is 1.94 bits per heavy atom. The van der Waals surface area contributed by atoms with Gasteiger partial charge in [0.2, 0.25) is 0 Å². The molecule has 2 heterocycles. The van der Waals surface area contributed by atoms with Crippen LogP contribution in [0, 0.1) is 0 Å². The first kappa shape index (κ1) is 13.2. The fourth-order valence-corrected chi connectivity index (χ4v) is 2.21. The molecule has 5 heteroatoms. The highest BCUT2D eigenvalue weighted by Gasteiger charge is 2.16. The number of hydrogen-bond donors (Lipinski definition) is 1. The number of aromatic nitrogens is 1. The van der Waals surface area contributed by atoms with Gasteiger partial charge in [-0.15, -0.1) is 0 Å². The molecule has 0 bridgehead atoms. The molecule has 100 valence electrons. The number of nitrogens with zero attached hydrogens (tertiary/aromatic N) is 3. The molecule has 1 aliphatic heterocycles. The summed E-state index contributed by atoms with van der Waals surface area (Å²) in [6.45, 7) is 5.21. The number of rotatable bonds is 5. The molecule has 0 amide bonds. The molecule has 0 spiro atoms. The van der Waals surface area contributed by atoms with Crippen LogP contribution in [0.5, 0.6) is 0 Å². The largest absolute Gasteiger partial charge is 0.373 e. The number of halogens is 1. The normalized spacial score (nSPS) is 17.9. The van der Waals surface area contributed by atoms with Crippen LogP contribution in [0.4, 0.5) is 10.2 Å². The predicted octanol–water partition coefficient (Wildman–Crippen LogP) is 1.21. The average Bonchev–Trinajstić information content (AvgIpc) is 2.42. The number of pyridine rings is 1. The van der Waals surface area contributed by atoms with Crippen LogP contribution in [0.25, 0.3) is 0 Å². The molecule has 0 unspecified atom stereocenters. The second kappa shape index (κ2) is 6.66. The van der Waals surface area contributed by atoms with Crippen LogP contribution >= 0.6 is 0 Å². The molecule has 2 rings (SSSR count). The van der Waals surface area contributed by atoms with Gasteiger partial charge in [0, 0.05) is 52.5 Å². The summed E-state index contributed by atoms with van der Waals surface area (Å²) < 4.78 is 12.2. The van der Waals surface area contributed by atoms with Crippen molar-refractivity contribution in [1.82, 2.24) is 14.8 Å². The van der Waals surface area contributed by atoms with Gasteiger partial charge in [-0.1, -0.05) is 6.07 Å². The first-order valence-electron chi connectivity index (χ1n) is 6.45. The van der Waals surface area contributed by atoms with Crippen LogP contribution in [0.1, 0.15) is 5.56 Å². The summed E-state index contributed by atoms with van der Waals surface area (Å²) in [5.74, 6) is 0.895. The standard InChI is InChI=1S/C13H21FN4/c1-15-13-3-2-12(10-16-13)11-18-8-6-17(5-4-14)7-9-18/h2-3,10H,4-9,11H2,1H3,(H,15,16). The third-order valence-corrected chi connectivity index (χ3v) is 3.35. The fourth-order valence-electron chi connectivity index (χ4n) is 2.21. The van der Waals surface area contributed by atoms with Gasteiger partial charge in [0.15, 0.2) is 0 Å². The van der Waals surface area contributed by atoms with Crippen LogP contribution in [-0.4, -0.2) is 61.2 Å². The zero-order chi connectivity index (χ0) is 12.8. The Kier molecular flexibility index (Phi) is 4.90. The van der Waals surface area contributed by atoms with Gasteiger partial charge in [-0.2, -0.15) is 0 Å². The molecule has 0 atom stereocenters. The summed E-state index contributed by atoms with van der Waals surface area (Å²) >= 11 is 0. The maximum atomic E-state index is 12.2. The molecule has 1 aliphatic rings. The van der Waals surface area contributed by atoms with E-state index in [1.807, 2.05) is 19.3 Å². The molecule has 0 aromatic carbocycles. The van der Waals surface area contributed by atoms with Crippen molar-refractivity contribution >= 4 is 5.82 Å². The van der Waals surface area contributed by atoms with E-state index in [0.717, 1.165) is 38.5 Å². The fraction of sp³-hybridized carbons (Fsp3) is 0.615. The SMILES string of the molecule is CNc1ccc(CN2CCN(CCF)CC2)cn1. The van der Waals surface area contributed by atoms with Crippen molar-refractivity contribution in [2.45, 2.75) is 6.54 Å². The maximum absolute atomic E-state index is 12.2. The number of nitrogens with one attached hydrogen (secondary N) is 1. The summed E-state index contributed by atoms with van der Waals surface area (Å²) in [7, 11) is 1.87.